The van der Waals surface area contributed by atoms with E-state index in [9.17, 15) is 0 Å². The Morgan fingerprint density at radius 1 is 1.47 bits per heavy atom. The van der Waals surface area contributed by atoms with Crippen molar-refractivity contribution in [2.75, 3.05) is 25.0 Å². The van der Waals surface area contributed by atoms with E-state index < -0.39 is 0 Å². The van der Waals surface area contributed by atoms with Crippen molar-refractivity contribution in [2.45, 2.75) is 25.8 Å². The Bertz CT molecular complexity index is 458. The topological polar surface area (TPSA) is 41.3 Å². The monoisotopic (exact) mass is 341 g/mol. The van der Waals surface area contributed by atoms with Gasteiger partial charge in [0, 0.05) is 28.3 Å². The van der Waals surface area contributed by atoms with Crippen LogP contribution >= 0.6 is 28.1 Å². The number of nitrogens with one attached hydrogen (secondary N) is 1. The van der Waals surface area contributed by atoms with Crippen LogP contribution in [0.5, 0.6) is 0 Å². The molecular weight excluding hydrogens is 322 g/mol. The normalized spacial score (nSPS) is 17.4. The van der Waals surface area contributed by atoms with Gasteiger partial charge >= 0.3 is 0 Å². The summed E-state index contributed by atoms with van der Waals surface area (Å²) in [5.74, 6) is 0. The lowest BCUT2D eigenvalue weighted by Gasteiger charge is -2.25. The van der Waals surface area contributed by atoms with Crippen molar-refractivity contribution in [2.24, 2.45) is 5.73 Å². The molecule has 0 spiro atoms. The van der Waals surface area contributed by atoms with Gasteiger partial charge in [0.2, 0.25) is 0 Å². The molecule has 1 saturated heterocycles. The molecule has 0 aromatic heterocycles. The Hall–Kier alpha value is -0.650. The van der Waals surface area contributed by atoms with Gasteiger partial charge in [0.25, 0.3) is 0 Å². The molecule has 0 radical (unpaired) electrons. The Labute approximate surface area is 128 Å². The Kier molecular flexibility index (Phi) is 5.19. The molecule has 1 aromatic rings. The molecule has 0 aliphatic carbocycles. The Morgan fingerprint density at radius 2 is 2.16 bits per heavy atom. The predicted molar refractivity (Wildman–Crippen MR) is 88.8 cm³/mol. The van der Waals surface area contributed by atoms with E-state index in [1.54, 1.807) is 0 Å². The van der Waals surface area contributed by atoms with Crippen molar-refractivity contribution < 1.29 is 0 Å². The fourth-order valence-electron chi connectivity index (χ4n) is 2.44. The minimum atomic E-state index is 0.428. The fraction of sp³-hybridized carbons (Fsp3) is 0.500. The molecular formula is C14H20BrN3S. The van der Waals surface area contributed by atoms with Crippen molar-refractivity contribution in [3.8, 4) is 0 Å². The summed E-state index contributed by atoms with van der Waals surface area (Å²) < 4.78 is 0.994. The maximum atomic E-state index is 5.77. The zero-order valence-electron chi connectivity index (χ0n) is 11.2. The third-order valence-corrected chi connectivity index (χ3v) is 4.31. The zero-order valence-corrected chi connectivity index (χ0v) is 13.6. The largest absolute Gasteiger partial charge is 0.389 e. The van der Waals surface area contributed by atoms with Gasteiger partial charge in [-0.15, -0.1) is 0 Å². The van der Waals surface area contributed by atoms with Crippen LogP contribution in [0.1, 0.15) is 25.3 Å². The van der Waals surface area contributed by atoms with E-state index >= 15 is 0 Å². The highest BCUT2D eigenvalue weighted by Gasteiger charge is 2.18. The maximum absolute atomic E-state index is 5.77. The van der Waals surface area contributed by atoms with Gasteiger partial charge in [0.15, 0.2) is 0 Å². The molecule has 1 aromatic carbocycles. The van der Waals surface area contributed by atoms with Crippen molar-refractivity contribution >= 4 is 38.8 Å². The number of nitrogens with two attached hydrogens (primary N) is 1. The smallest absolute Gasteiger partial charge is 0.106 e. The lowest BCUT2D eigenvalue weighted by molar-refractivity contribution is 0.269. The number of anilines is 1. The zero-order chi connectivity index (χ0) is 13.8. The molecule has 1 atom stereocenters. The average molecular weight is 342 g/mol. The van der Waals surface area contributed by atoms with Crippen LogP contribution in [0.2, 0.25) is 0 Å². The molecule has 0 saturated carbocycles. The van der Waals surface area contributed by atoms with Gasteiger partial charge in [-0.05, 0) is 51.1 Å². The van der Waals surface area contributed by atoms with Crippen LogP contribution in [0.25, 0.3) is 0 Å². The SMILES string of the molecule is CC(CNc1ccc(Br)cc1C(N)=S)N1CCCC1. The Morgan fingerprint density at radius 3 is 2.79 bits per heavy atom. The molecule has 1 unspecified atom stereocenters. The van der Waals surface area contributed by atoms with Gasteiger partial charge in [0.05, 0.1) is 0 Å². The third kappa shape index (κ3) is 3.91. The number of nitrogens with zero attached hydrogens (tertiary/aromatic N) is 1. The minimum absolute atomic E-state index is 0.428. The van der Waals surface area contributed by atoms with Crippen LogP contribution < -0.4 is 11.1 Å². The lowest BCUT2D eigenvalue weighted by Crippen LogP contribution is -2.35. The first-order valence-corrected chi connectivity index (χ1v) is 7.85. The first-order valence-electron chi connectivity index (χ1n) is 6.65. The summed E-state index contributed by atoms with van der Waals surface area (Å²) in [7, 11) is 0. The number of hydrogen-bond donors (Lipinski definition) is 2. The highest BCUT2D eigenvalue weighted by atomic mass is 79.9. The number of hydrogen-bond acceptors (Lipinski definition) is 3. The quantitative estimate of drug-likeness (QED) is 0.808. The second-order valence-electron chi connectivity index (χ2n) is 5.03. The van der Waals surface area contributed by atoms with Crippen LogP contribution in [-0.4, -0.2) is 35.6 Å². The highest BCUT2D eigenvalue weighted by molar-refractivity contribution is 9.10. The van der Waals surface area contributed by atoms with Crippen molar-refractivity contribution in [3.63, 3.8) is 0 Å². The van der Waals surface area contributed by atoms with E-state index in [1.807, 2.05) is 18.2 Å². The van der Waals surface area contributed by atoms with E-state index in [4.69, 9.17) is 18.0 Å². The van der Waals surface area contributed by atoms with E-state index in [1.165, 1.54) is 25.9 Å². The van der Waals surface area contributed by atoms with E-state index in [-0.39, 0.29) is 0 Å². The average Bonchev–Trinajstić information content (AvgIpc) is 2.90. The number of benzene rings is 1. The summed E-state index contributed by atoms with van der Waals surface area (Å²) >= 11 is 8.55. The summed E-state index contributed by atoms with van der Waals surface area (Å²) in [6, 6.07) is 6.52. The van der Waals surface area contributed by atoms with Gasteiger partial charge in [-0.2, -0.15) is 0 Å². The number of rotatable bonds is 5. The molecule has 104 valence electrons. The van der Waals surface area contributed by atoms with E-state index in [0.717, 1.165) is 22.3 Å². The van der Waals surface area contributed by atoms with Crippen LogP contribution in [0.3, 0.4) is 0 Å². The van der Waals surface area contributed by atoms with Gasteiger partial charge < -0.3 is 11.1 Å². The van der Waals surface area contributed by atoms with Crippen molar-refractivity contribution in [3.05, 3.63) is 28.2 Å². The van der Waals surface area contributed by atoms with Crippen LogP contribution in [0.15, 0.2) is 22.7 Å². The molecule has 1 aliphatic rings. The standard InChI is InChI=1S/C14H20BrN3S/c1-10(18-6-2-3-7-18)9-17-13-5-4-11(15)8-12(13)14(16)19/h4-5,8,10,17H,2-3,6-7,9H2,1H3,(H2,16,19). The van der Waals surface area contributed by atoms with E-state index in [0.29, 0.717) is 11.0 Å². The van der Waals surface area contributed by atoms with E-state index in [2.05, 4.69) is 33.1 Å². The lowest BCUT2D eigenvalue weighted by atomic mass is 10.1. The summed E-state index contributed by atoms with van der Waals surface area (Å²) in [6.45, 7) is 5.60. The van der Waals surface area contributed by atoms with Crippen LogP contribution in [0, 0.1) is 0 Å². The second kappa shape index (κ2) is 6.68. The van der Waals surface area contributed by atoms with Gasteiger partial charge in [-0.3, -0.25) is 4.90 Å². The third-order valence-electron chi connectivity index (χ3n) is 3.60. The van der Waals surface area contributed by atoms with Gasteiger partial charge in [-0.1, -0.05) is 28.1 Å². The molecule has 19 heavy (non-hydrogen) atoms. The summed E-state index contributed by atoms with van der Waals surface area (Å²) in [6.07, 6.45) is 2.64. The molecule has 5 heteroatoms. The van der Waals surface area contributed by atoms with Crippen LogP contribution in [-0.2, 0) is 0 Å². The minimum Gasteiger partial charge on any atom is -0.389 e. The van der Waals surface area contributed by atoms with Crippen molar-refractivity contribution in [1.82, 2.24) is 4.90 Å². The molecule has 2 rings (SSSR count). The maximum Gasteiger partial charge on any atom is 0.106 e. The Balaban J connectivity index is 2.00. The molecule has 1 aliphatic heterocycles. The van der Waals surface area contributed by atoms with Gasteiger partial charge in [-0.25, -0.2) is 0 Å². The molecule has 1 fully saturated rings. The summed E-state index contributed by atoms with van der Waals surface area (Å²) in [4.78, 5) is 2.95. The summed E-state index contributed by atoms with van der Waals surface area (Å²) in [5.41, 5.74) is 7.69. The molecule has 3 N–H and O–H groups in total. The van der Waals surface area contributed by atoms with Gasteiger partial charge in [0.1, 0.15) is 4.99 Å². The molecule has 3 nitrogen and oxygen atoms in total. The molecule has 0 bridgehead atoms. The van der Waals surface area contributed by atoms with Crippen LogP contribution in [0.4, 0.5) is 5.69 Å². The fourth-order valence-corrected chi connectivity index (χ4v) is 2.97. The molecule has 1 heterocycles. The first kappa shape index (κ1) is 14.8. The second-order valence-corrected chi connectivity index (χ2v) is 6.38. The molecule has 0 amide bonds. The predicted octanol–water partition coefficient (Wildman–Crippen LogP) is 2.98. The number of halogens is 1. The number of likely N-dealkylation sites (tertiary alicyclic amines) is 1. The number of thiocarbonyl (C=S) groups is 1. The van der Waals surface area contributed by atoms with Crippen molar-refractivity contribution in [1.29, 1.82) is 0 Å². The highest BCUT2D eigenvalue weighted by Crippen LogP contribution is 2.21. The summed E-state index contributed by atoms with van der Waals surface area (Å²) in [5, 5.41) is 3.47. The first-order chi connectivity index (χ1) is 9.08.